The highest BCUT2D eigenvalue weighted by atomic mass is 16.3. The monoisotopic (exact) mass is 243 g/mol. The maximum Gasteiger partial charge on any atom is 0.0856 e. The molecule has 1 aliphatic carbocycles. The molecule has 1 aromatic carbocycles. The topological polar surface area (TPSA) is 50.9 Å². The van der Waals surface area contributed by atoms with Crippen molar-refractivity contribution in [2.75, 3.05) is 0 Å². The van der Waals surface area contributed by atoms with Gasteiger partial charge in [0.2, 0.25) is 0 Å². The molecule has 1 heterocycles. The third-order valence-corrected chi connectivity index (χ3v) is 3.40. The summed E-state index contributed by atoms with van der Waals surface area (Å²) in [5, 5.41) is 18.1. The SMILES string of the molecule is Cn1cc(CC(O)c2cccc(C3CC3)c2)nn1. The Morgan fingerprint density at radius 1 is 1.44 bits per heavy atom. The van der Waals surface area contributed by atoms with Crippen LogP contribution in [0.3, 0.4) is 0 Å². The summed E-state index contributed by atoms with van der Waals surface area (Å²) >= 11 is 0. The quantitative estimate of drug-likeness (QED) is 0.893. The average Bonchev–Trinajstić information content (AvgIpc) is 3.14. The van der Waals surface area contributed by atoms with Gasteiger partial charge >= 0.3 is 0 Å². The standard InChI is InChI=1S/C14H17N3O/c1-17-9-13(15-16-17)8-14(18)12-4-2-3-11(7-12)10-5-6-10/h2-4,7,9-10,14,18H,5-6,8H2,1H3. The second-order valence-electron chi connectivity index (χ2n) is 5.05. The van der Waals surface area contributed by atoms with Crippen LogP contribution in [0.15, 0.2) is 30.5 Å². The molecule has 0 amide bonds. The Morgan fingerprint density at radius 3 is 2.94 bits per heavy atom. The smallest absolute Gasteiger partial charge is 0.0856 e. The Balaban J connectivity index is 1.74. The molecule has 4 heteroatoms. The number of rotatable bonds is 4. The fourth-order valence-corrected chi connectivity index (χ4v) is 2.24. The van der Waals surface area contributed by atoms with E-state index in [2.05, 4.69) is 22.4 Å². The lowest BCUT2D eigenvalue weighted by Crippen LogP contribution is -2.02. The molecule has 0 bridgehead atoms. The molecule has 1 unspecified atom stereocenters. The second-order valence-corrected chi connectivity index (χ2v) is 5.05. The van der Waals surface area contributed by atoms with Crippen molar-refractivity contribution in [3.05, 3.63) is 47.3 Å². The first kappa shape index (κ1) is 11.4. The van der Waals surface area contributed by atoms with Gasteiger partial charge in [-0.15, -0.1) is 5.10 Å². The lowest BCUT2D eigenvalue weighted by Gasteiger charge is -2.10. The van der Waals surface area contributed by atoms with Gasteiger partial charge in [-0.05, 0) is 29.9 Å². The van der Waals surface area contributed by atoms with Crippen LogP contribution in [0.25, 0.3) is 0 Å². The first-order chi connectivity index (χ1) is 8.72. The molecule has 94 valence electrons. The second kappa shape index (κ2) is 4.53. The van der Waals surface area contributed by atoms with Crippen LogP contribution in [0, 0.1) is 0 Å². The van der Waals surface area contributed by atoms with Crippen molar-refractivity contribution in [2.45, 2.75) is 31.3 Å². The van der Waals surface area contributed by atoms with Crippen molar-refractivity contribution in [2.24, 2.45) is 7.05 Å². The van der Waals surface area contributed by atoms with Crippen molar-refractivity contribution in [1.82, 2.24) is 15.0 Å². The highest BCUT2D eigenvalue weighted by Gasteiger charge is 2.24. The van der Waals surface area contributed by atoms with Crippen LogP contribution in [0.1, 0.15) is 41.7 Å². The lowest BCUT2D eigenvalue weighted by molar-refractivity contribution is 0.177. The van der Waals surface area contributed by atoms with E-state index < -0.39 is 6.10 Å². The van der Waals surface area contributed by atoms with Crippen LogP contribution in [0.4, 0.5) is 0 Å². The number of aliphatic hydroxyl groups is 1. The highest BCUT2D eigenvalue weighted by molar-refractivity contribution is 5.30. The van der Waals surface area contributed by atoms with Gasteiger partial charge in [0.05, 0.1) is 11.8 Å². The summed E-state index contributed by atoms with van der Waals surface area (Å²) in [5.41, 5.74) is 3.15. The van der Waals surface area contributed by atoms with E-state index in [1.54, 1.807) is 4.68 Å². The van der Waals surface area contributed by atoms with Crippen molar-refractivity contribution in [3.63, 3.8) is 0 Å². The number of nitrogens with zero attached hydrogens (tertiary/aromatic N) is 3. The number of aliphatic hydroxyl groups excluding tert-OH is 1. The molecular weight excluding hydrogens is 226 g/mol. The fourth-order valence-electron chi connectivity index (χ4n) is 2.24. The van der Waals surface area contributed by atoms with E-state index >= 15 is 0 Å². The van der Waals surface area contributed by atoms with E-state index in [0.29, 0.717) is 12.3 Å². The average molecular weight is 243 g/mol. The van der Waals surface area contributed by atoms with Crippen LogP contribution in [-0.4, -0.2) is 20.1 Å². The summed E-state index contributed by atoms with van der Waals surface area (Å²) in [6, 6.07) is 8.28. The largest absolute Gasteiger partial charge is 0.388 e. The zero-order valence-corrected chi connectivity index (χ0v) is 10.5. The highest BCUT2D eigenvalue weighted by Crippen LogP contribution is 2.40. The van der Waals surface area contributed by atoms with E-state index in [1.807, 2.05) is 25.4 Å². The predicted molar refractivity (Wildman–Crippen MR) is 68.1 cm³/mol. The van der Waals surface area contributed by atoms with Gasteiger partial charge in [-0.25, -0.2) is 0 Å². The molecule has 4 nitrogen and oxygen atoms in total. The summed E-state index contributed by atoms with van der Waals surface area (Å²) in [6.45, 7) is 0. The van der Waals surface area contributed by atoms with Crippen molar-refractivity contribution in [1.29, 1.82) is 0 Å². The van der Waals surface area contributed by atoms with Gasteiger partial charge in [0.15, 0.2) is 0 Å². The molecule has 1 aromatic heterocycles. The molecule has 2 aromatic rings. The van der Waals surface area contributed by atoms with Gasteiger partial charge in [-0.3, -0.25) is 4.68 Å². The summed E-state index contributed by atoms with van der Waals surface area (Å²) in [7, 11) is 1.83. The molecule has 1 N–H and O–H groups in total. The molecule has 0 spiro atoms. The van der Waals surface area contributed by atoms with Gasteiger partial charge in [-0.1, -0.05) is 29.5 Å². The van der Waals surface area contributed by atoms with Crippen molar-refractivity contribution < 1.29 is 5.11 Å². The molecule has 3 rings (SSSR count). The maximum absolute atomic E-state index is 10.2. The van der Waals surface area contributed by atoms with E-state index in [-0.39, 0.29) is 0 Å². The first-order valence-corrected chi connectivity index (χ1v) is 6.35. The minimum absolute atomic E-state index is 0.500. The maximum atomic E-state index is 10.2. The molecule has 18 heavy (non-hydrogen) atoms. The van der Waals surface area contributed by atoms with E-state index in [9.17, 15) is 5.11 Å². The molecule has 0 radical (unpaired) electrons. The van der Waals surface area contributed by atoms with E-state index in [1.165, 1.54) is 18.4 Å². The van der Waals surface area contributed by atoms with Crippen LogP contribution in [0.5, 0.6) is 0 Å². The molecule has 1 saturated carbocycles. The number of benzene rings is 1. The molecule has 0 aliphatic heterocycles. The summed E-state index contributed by atoms with van der Waals surface area (Å²) in [4.78, 5) is 0. The van der Waals surface area contributed by atoms with Gasteiger partial charge in [0.25, 0.3) is 0 Å². The number of hydrogen-bond acceptors (Lipinski definition) is 3. The Labute approximate surface area is 106 Å². The molecule has 1 atom stereocenters. The first-order valence-electron chi connectivity index (χ1n) is 6.35. The number of aromatic nitrogens is 3. The predicted octanol–water partition coefficient (Wildman–Crippen LogP) is 1.97. The Morgan fingerprint density at radius 2 is 2.28 bits per heavy atom. The van der Waals surface area contributed by atoms with Crippen LogP contribution in [-0.2, 0) is 13.5 Å². The Bertz CT molecular complexity index is 545. The van der Waals surface area contributed by atoms with E-state index in [0.717, 1.165) is 11.3 Å². The molecule has 1 fully saturated rings. The number of hydrogen-bond donors (Lipinski definition) is 1. The van der Waals surface area contributed by atoms with Crippen LogP contribution in [0.2, 0.25) is 0 Å². The Hall–Kier alpha value is -1.68. The normalized spacial score (nSPS) is 16.8. The number of aryl methyl sites for hydroxylation is 1. The third-order valence-electron chi connectivity index (χ3n) is 3.40. The van der Waals surface area contributed by atoms with Crippen LogP contribution >= 0.6 is 0 Å². The van der Waals surface area contributed by atoms with Gasteiger partial charge in [-0.2, -0.15) is 0 Å². The van der Waals surface area contributed by atoms with Gasteiger partial charge in [0.1, 0.15) is 0 Å². The van der Waals surface area contributed by atoms with Crippen molar-refractivity contribution >= 4 is 0 Å². The summed E-state index contributed by atoms with van der Waals surface area (Å²) in [6.07, 6.45) is 4.42. The Kier molecular flexibility index (Phi) is 2.88. The lowest BCUT2D eigenvalue weighted by atomic mass is 10.0. The van der Waals surface area contributed by atoms with Gasteiger partial charge < -0.3 is 5.11 Å². The molecule has 0 saturated heterocycles. The van der Waals surface area contributed by atoms with Crippen molar-refractivity contribution in [3.8, 4) is 0 Å². The molecular formula is C14H17N3O. The fraction of sp³-hybridized carbons (Fsp3) is 0.429. The van der Waals surface area contributed by atoms with E-state index in [4.69, 9.17) is 0 Å². The third kappa shape index (κ3) is 2.43. The zero-order chi connectivity index (χ0) is 12.5. The summed E-state index contributed by atoms with van der Waals surface area (Å²) in [5.74, 6) is 0.716. The minimum Gasteiger partial charge on any atom is -0.388 e. The molecule has 1 aliphatic rings. The van der Waals surface area contributed by atoms with Crippen LogP contribution < -0.4 is 0 Å². The minimum atomic E-state index is -0.500. The zero-order valence-electron chi connectivity index (χ0n) is 10.5. The summed E-state index contributed by atoms with van der Waals surface area (Å²) < 4.78 is 1.66. The van der Waals surface area contributed by atoms with Gasteiger partial charge in [0, 0.05) is 19.7 Å².